The van der Waals surface area contributed by atoms with E-state index in [-0.39, 0.29) is 0 Å². The Hall–Kier alpha value is -2.86. The maximum Gasteiger partial charge on any atom is -0.00575 e. The fraction of sp³-hybridized carbons (Fsp3) is 0.185. The van der Waals surface area contributed by atoms with Crippen molar-refractivity contribution >= 4 is 5.57 Å². The van der Waals surface area contributed by atoms with E-state index in [2.05, 4.69) is 99.3 Å². The summed E-state index contributed by atoms with van der Waals surface area (Å²) in [5.74, 6) is 0. The van der Waals surface area contributed by atoms with Gasteiger partial charge in [0.25, 0.3) is 0 Å². The molecule has 0 radical (unpaired) electrons. The van der Waals surface area contributed by atoms with Gasteiger partial charge in [-0.3, -0.25) is 0 Å². The summed E-state index contributed by atoms with van der Waals surface area (Å²) in [5, 5.41) is 0. The zero-order valence-corrected chi connectivity index (χ0v) is 16.4. The van der Waals surface area contributed by atoms with Gasteiger partial charge in [-0.1, -0.05) is 96.1 Å². The molecule has 0 aromatic heterocycles. The van der Waals surface area contributed by atoms with E-state index >= 15 is 0 Å². The maximum absolute atomic E-state index is 3.95. The first-order chi connectivity index (χ1) is 13.2. The van der Waals surface area contributed by atoms with Crippen LogP contribution in [0.4, 0.5) is 0 Å². The van der Waals surface area contributed by atoms with Crippen molar-refractivity contribution in [3.05, 3.63) is 125 Å². The van der Waals surface area contributed by atoms with Crippen molar-refractivity contribution in [2.24, 2.45) is 0 Å². The molecule has 0 heterocycles. The first-order valence-electron chi connectivity index (χ1n) is 9.69. The molecule has 27 heavy (non-hydrogen) atoms. The molecule has 136 valence electrons. The Balaban J connectivity index is 2.19. The monoisotopic (exact) mass is 352 g/mol. The van der Waals surface area contributed by atoms with E-state index in [1.165, 1.54) is 39.0 Å². The van der Waals surface area contributed by atoms with Crippen molar-refractivity contribution in [2.45, 2.75) is 33.1 Å². The van der Waals surface area contributed by atoms with Gasteiger partial charge in [0.1, 0.15) is 0 Å². The molecule has 0 saturated heterocycles. The highest BCUT2D eigenvalue weighted by atomic mass is 14.2. The average Bonchev–Trinajstić information content (AvgIpc) is 2.69. The number of allylic oxidation sites excluding steroid dienone is 2. The molecule has 0 amide bonds. The summed E-state index contributed by atoms with van der Waals surface area (Å²) in [6.45, 7) is 8.30. The minimum atomic E-state index is 0.965. The lowest BCUT2D eigenvalue weighted by molar-refractivity contribution is 0.929. The number of hydrogen-bond acceptors (Lipinski definition) is 0. The second-order valence-electron chi connectivity index (χ2n) is 7.15. The fourth-order valence-corrected chi connectivity index (χ4v) is 3.54. The maximum atomic E-state index is 3.95. The molecule has 3 rings (SSSR count). The van der Waals surface area contributed by atoms with Crippen LogP contribution in [0.25, 0.3) is 5.57 Å². The first-order valence-corrected chi connectivity index (χ1v) is 9.69. The molecule has 0 aliphatic rings. The summed E-state index contributed by atoms with van der Waals surface area (Å²) in [7, 11) is 0. The molecular weight excluding hydrogens is 324 g/mol. The molecule has 0 aliphatic carbocycles. The SMILES string of the molecule is C=CCCC(Cc1ccccc1)=C(c1ccc(C)cc1)c1ccccc1C. The van der Waals surface area contributed by atoms with E-state index in [4.69, 9.17) is 0 Å². The van der Waals surface area contributed by atoms with E-state index in [1.807, 2.05) is 6.08 Å². The van der Waals surface area contributed by atoms with Gasteiger partial charge in [0.15, 0.2) is 0 Å². The van der Waals surface area contributed by atoms with Crippen molar-refractivity contribution in [1.29, 1.82) is 0 Å². The van der Waals surface area contributed by atoms with Crippen LogP contribution in [0.1, 0.15) is 40.7 Å². The van der Waals surface area contributed by atoms with Crippen molar-refractivity contribution in [3.63, 3.8) is 0 Å². The first kappa shape index (κ1) is 18.9. The Labute approximate surface area is 163 Å². The molecule has 0 fully saturated rings. The third-order valence-corrected chi connectivity index (χ3v) is 5.02. The standard InChI is InChI=1S/C27H28/c1-4-5-14-25(20-23-12-7-6-8-13-23)27(24-18-16-21(2)17-19-24)26-15-10-9-11-22(26)3/h4,6-13,15-19H,1,5,14,20H2,2-3H3. The van der Waals surface area contributed by atoms with E-state index < -0.39 is 0 Å². The number of benzene rings is 3. The molecule has 0 unspecified atom stereocenters. The third kappa shape index (κ3) is 4.86. The largest absolute Gasteiger partial charge is 0.103 e. The topological polar surface area (TPSA) is 0 Å². The molecule has 0 bridgehead atoms. The molecule has 3 aromatic rings. The normalized spacial score (nSPS) is 11.8. The van der Waals surface area contributed by atoms with Gasteiger partial charge in [-0.15, -0.1) is 6.58 Å². The van der Waals surface area contributed by atoms with Crippen molar-refractivity contribution in [3.8, 4) is 0 Å². The highest BCUT2D eigenvalue weighted by Crippen LogP contribution is 2.33. The van der Waals surface area contributed by atoms with Gasteiger partial charge in [-0.2, -0.15) is 0 Å². The summed E-state index contributed by atoms with van der Waals surface area (Å²) >= 11 is 0. The quantitative estimate of drug-likeness (QED) is 0.391. The molecule has 0 nitrogen and oxygen atoms in total. The fourth-order valence-electron chi connectivity index (χ4n) is 3.54. The minimum absolute atomic E-state index is 0.965. The summed E-state index contributed by atoms with van der Waals surface area (Å²) in [5.41, 5.74) is 9.44. The highest BCUT2D eigenvalue weighted by molar-refractivity contribution is 5.84. The third-order valence-electron chi connectivity index (χ3n) is 5.02. The predicted octanol–water partition coefficient (Wildman–Crippen LogP) is 7.31. The molecule has 0 atom stereocenters. The Morgan fingerprint density at radius 2 is 1.48 bits per heavy atom. The van der Waals surface area contributed by atoms with Gasteiger partial charge in [0.05, 0.1) is 0 Å². The average molecular weight is 353 g/mol. The molecule has 3 aromatic carbocycles. The van der Waals surface area contributed by atoms with Crippen molar-refractivity contribution < 1.29 is 0 Å². The van der Waals surface area contributed by atoms with Gasteiger partial charge in [-0.25, -0.2) is 0 Å². The van der Waals surface area contributed by atoms with E-state index in [0.29, 0.717) is 0 Å². The summed E-state index contributed by atoms with van der Waals surface area (Å²) < 4.78 is 0. The molecule has 0 spiro atoms. The van der Waals surface area contributed by atoms with Gasteiger partial charge in [0.2, 0.25) is 0 Å². The second kappa shape index (κ2) is 9.19. The molecule has 0 saturated carbocycles. The van der Waals surface area contributed by atoms with Gasteiger partial charge < -0.3 is 0 Å². The minimum Gasteiger partial charge on any atom is -0.103 e. The molecular formula is C27H28. The van der Waals surface area contributed by atoms with Crippen molar-refractivity contribution in [2.75, 3.05) is 0 Å². The van der Waals surface area contributed by atoms with Crippen molar-refractivity contribution in [1.82, 2.24) is 0 Å². The van der Waals surface area contributed by atoms with Crippen LogP contribution < -0.4 is 0 Å². The van der Waals surface area contributed by atoms with Crippen LogP contribution in [0.3, 0.4) is 0 Å². The number of rotatable bonds is 7. The molecule has 0 heteroatoms. The Kier molecular flexibility index (Phi) is 6.44. The molecule has 0 aliphatic heterocycles. The number of hydrogen-bond donors (Lipinski definition) is 0. The second-order valence-corrected chi connectivity index (χ2v) is 7.15. The van der Waals surface area contributed by atoms with Gasteiger partial charge in [-0.05, 0) is 60.9 Å². The van der Waals surface area contributed by atoms with Crippen LogP contribution in [-0.4, -0.2) is 0 Å². The van der Waals surface area contributed by atoms with Crippen LogP contribution >= 0.6 is 0 Å². The van der Waals surface area contributed by atoms with Crippen LogP contribution in [-0.2, 0) is 6.42 Å². The zero-order chi connectivity index (χ0) is 19.1. The Morgan fingerprint density at radius 1 is 0.815 bits per heavy atom. The van der Waals surface area contributed by atoms with E-state index in [0.717, 1.165) is 19.3 Å². The van der Waals surface area contributed by atoms with Crippen LogP contribution in [0.2, 0.25) is 0 Å². The van der Waals surface area contributed by atoms with Crippen LogP contribution in [0, 0.1) is 13.8 Å². The summed E-state index contributed by atoms with van der Waals surface area (Å²) in [4.78, 5) is 0. The zero-order valence-electron chi connectivity index (χ0n) is 16.4. The Morgan fingerprint density at radius 3 is 2.15 bits per heavy atom. The lowest BCUT2D eigenvalue weighted by atomic mass is 9.86. The highest BCUT2D eigenvalue weighted by Gasteiger charge is 2.14. The lowest BCUT2D eigenvalue weighted by Gasteiger charge is -2.19. The predicted molar refractivity (Wildman–Crippen MR) is 118 cm³/mol. The van der Waals surface area contributed by atoms with E-state index in [1.54, 1.807) is 0 Å². The van der Waals surface area contributed by atoms with Gasteiger partial charge >= 0.3 is 0 Å². The van der Waals surface area contributed by atoms with Gasteiger partial charge in [0, 0.05) is 0 Å². The molecule has 0 N–H and O–H groups in total. The van der Waals surface area contributed by atoms with Crippen LogP contribution in [0.5, 0.6) is 0 Å². The lowest BCUT2D eigenvalue weighted by Crippen LogP contribution is -2.01. The van der Waals surface area contributed by atoms with E-state index in [9.17, 15) is 0 Å². The number of aryl methyl sites for hydroxylation is 2. The Bertz CT molecular complexity index is 912. The smallest absolute Gasteiger partial charge is 0.00575 e. The van der Waals surface area contributed by atoms with Crippen LogP contribution in [0.15, 0.2) is 97.1 Å². The summed E-state index contributed by atoms with van der Waals surface area (Å²) in [6, 6.07) is 28.4. The summed E-state index contributed by atoms with van der Waals surface area (Å²) in [6.07, 6.45) is 5.00.